The van der Waals surface area contributed by atoms with E-state index in [1.54, 1.807) is 0 Å². The summed E-state index contributed by atoms with van der Waals surface area (Å²) in [5.74, 6) is -0.113. The van der Waals surface area contributed by atoms with Gasteiger partial charge in [-0.2, -0.15) is 0 Å². The van der Waals surface area contributed by atoms with Gasteiger partial charge in [0, 0.05) is 39.3 Å². The molecule has 0 aromatic rings. The second kappa shape index (κ2) is 7.63. The van der Waals surface area contributed by atoms with Gasteiger partial charge in [-0.25, -0.2) is 0 Å². The molecule has 0 aliphatic carbocycles. The number of esters is 1. The van der Waals surface area contributed by atoms with Crippen LogP contribution < -0.4 is 0 Å². The summed E-state index contributed by atoms with van der Waals surface area (Å²) in [5.41, 5.74) is 0. The molecule has 0 amide bonds. The largest absolute Gasteiger partial charge is 0.463 e. The van der Waals surface area contributed by atoms with Crippen LogP contribution in [-0.2, 0) is 9.53 Å². The fraction of sp³-hybridized carbons (Fsp3) is 0.917. The minimum absolute atomic E-state index is 0.0242. The Morgan fingerprint density at radius 1 is 1.18 bits per heavy atom. The predicted molar refractivity (Wildman–Crippen MR) is 65.8 cm³/mol. The van der Waals surface area contributed by atoms with Crippen molar-refractivity contribution >= 4 is 5.97 Å². The fourth-order valence-corrected chi connectivity index (χ4v) is 1.95. The van der Waals surface area contributed by atoms with Crippen molar-refractivity contribution in [1.82, 2.24) is 9.80 Å². The van der Waals surface area contributed by atoms with Crippen LogP contribution in [0.15, 0.2) is 0 Å². The zero-order valence-corrected chi connectivity index (χ0v) is 10.9. The van der Waals surface area contributed by atoms with Crippen molar-refractivity contribution in [2.75, 3.05) is 45.9 Å². The number of carbonyl (C=O) groups excluding carboxylic acids is 1. The minimum atomic E-state index is -0.113. The number of aliphatic hydroxyl groups excluding tert-OH is 1. The van der Waals surface area contributed by atoms with Crippen LogP contribution in [0.4, 0.5) is 0 Å². The molecule has 0 bridgehead atoms. The summed E-state index contributed by atoms with van der Waals surface area (Å²) in [4.78, 5) is 15.9. The Morgan fingerprint density at radius 2 is 1.71 bits per heavy atom. The molecular formula is C12H24N2O3. The molecule has 1 rings (SSSR count). The Bertz CT molecular complexity index is 226. The van der Waals surface area contributed by atoms with Gasteiger partial charge in [0.2, 0.25) is 0 Å². The lowest BCUT2D eigenvalue weighted by atomic mass is 10.3. The maximum absolute atomic E-state index is 11.4. The summed E-state index contributed by atoms with van der Waals surface area (Å²) in [7, 11) is 0. The number of rotatable bonds is 6. The van der Waals surface area contributed by atoms with Gasteiger partial charge in [0.15, 0.2) is 0 Å². The highest BCUT2D eigenvalue weighted by molar-refractivity contribution is 5.69. The average molecular weight is 244 g/mol. The maximum atomic E-state index is 11.4. The number of piperazine rings is 1. The number of aliphatic hydroxyl groups is 1. The van der Waals surface area contributed by atoms with Crippen molar-refractivity contribution in [2.45, 2.75) is 26.4 Å². The van der Waals surface area contributed by atoms with Gasteiger partial charge in [-0.15, -0.1) is 0 Å². The van der Waals surface area contributed by atoms with Crippen molar-refractivity contribution in [3.05, 3.63) is 0 Å². The molecule has 1 fully saturated rings. The van der Waals surface area contributed by atoms with Crippen molar-refractivity contribution in [1.29, 1.82) is 0 Å². The molecule has 0 unspecified atom stereocenters. The van der Waals surface area contributed by atoms with E-state index in [2.05, 4.69) is 9.80 Å². The van der Waals surface area contributed by atoms with Gasteiger partial charge in [-0.05, 0) is 13.8 Å². The summed E-state index contributed by atoms with van der Waals surface area (Å²) in [6.07, 6.45) is 0.446. The molecule has 1 heterocycles. The Morgan fingerprint density at radius 3 is 2.18 bits per heavy atom. The maximum Gasteiger partial charge on any atom is 0.307 e. The second-order valence-corrected chi connectivity index (χ2v) is 4.70. The Balaban J connectivity index is 2.11. The predicted octanol–water partition coefficient (Wildman–Crippen LogP) is -0.0620. The van der Waals surface area contributed by atoms with E-state index in [0.29, 0.717) is 6.42 Å². The average Bonchev–Trinajstić information content (AvgIpc) is 2.28. The number of hydrogen-bond acceptors (Lipinski definition) is 5. The molecule has 0 aromatic carbocycles. The molecule has 0 radical (unpaired) electrons. The first kappa shape index (κ1) is 14.4. The number of hydrogen-bond donors (Lipinski definition) is 1. The SMILES string of the molecule is CC(C)OC(=O)CCN1CCN(CCO)CC1. The second-order valence-electron chi connectivity index (χ2n) is 4.70. The van der Waals surface area contributed by atoms with Crippen LogP contribution in [0, 0.1) is 0 Å². The minimum Gasteiger partial charge on any atom is -0.463 e. The molecule has 1 aliphatic rings. The monoisotopic (exact) mass is 244 g/mol. The number of nitrogens with zero attached hydrogens (tertiary/aromatic N) is 2. The molecule has 17 heavy (non-hydrogen) atoms. The highest BCUT2D eigenvalue weighted by atomic mass is 16.5. The van der Waals surface area contributed by atoms with Gasteiger partial charge in [-0.1, -0.05) is 0 Å². The molecular weight excluding hydrogens is 220 g/mol. The van der Waals surface area contributed by atoms with Crippen molar-refractivity contribution in [2.24, 2.45) is 0 Å². The van der Waals surface area contributed by atoms with Gasteiger partial charge in [0.05, 0.1) is 19.1 Å². The highest BCUT2D eigenvalue weighted by Crippen LogP contribution is 2.03. The zero-order valence-electron chi connectivity index (χ0n) is 10.9. The third kappa shape index (κ3) is 6.00. The molecule has 0 saturated carbocycles. The zero-order chi connectivity index (χ0) is 12.7. The van der Waals surface area contributed by atoms with Gasteiger partial charge < -0.3 is 14.7 Å². The van der Waals surface area contributed by atoms with Crippen LogP contribution in [0.2, 0.25) is 0 Å². The van der Waals surface area contributed by atoms with E-state index >= 15 is 0 Å². The van der Waals surface area contributed by atoms with E-state index in [4.69, 9.17) is 9.84 Å². The van der Waals surface area contributed by atoms with Crippen LogP contribution in [0.25, 0.3) is 0 Å². The summed E-state index contributed by atoms with van der Waals surface area (Å²) in [6.45, 7) is 9.36. The molecule has 0 aromatic heterocycles. The lowest BCUT2D eigenvalue weighted by Gasteiger charge is -2.34. The van der Waals surface area contributed by atoms with Crippen LogP contribution in [0.5, 0.6) is 0 Å². The Hall–Kier alpha value is -0.650. The Kier molecular flexibility index (Phi) is 6.47. The van der Waals surface area contributed by atoms with Crippen molar-refractivity contribution in [3.8, 4) is 0 Å². The van der Waals surface area contributed by atoms with Gasteiger partial charge in [0.1, 0.15) is 0 Å². The molecule has 1 N–H and O–H groups in total. The summed E-state index contributed by atoms with van der Waals surface area (Å²) in [6, 6.07) is 0. The topological polar surface area (TPSA) is 53.0 Å². The summed E-state index contributed by atoms with van der Waals surface area (Å²) >= 11 is 0. The lowest BCUT2D eigenvalue weighted by Crippen LogP contribution is -2.47. The summed E-state index contributed by atoms with van der Waals surface area (Å²) in [5, 5.41) is 8.83. The molecule has 0 spiro atoms. The Labute approximate surface area is 103 Å². The highest BCUT2D eigenvalue weighted by Gasteiger charge is 2.17. The number of ether oxygens (including phenoxy) is 1. The third-order valence-corrected chi connectivity index (χ3v) is 2.88. The summed E-state index contributed by atoms with van der Waals surface area (Å²) < 4.78 is 5.09. The van der Waals surface area contributed by atoms with E-state index in [0.717, 1.165) is 39.3 Å². The molecule has 1 aliphatic heterocycles. The van der Waals surface area contributed by atoms with Crippen LogP contribution in [0.1, 0.15) is 20.3 Å². The molecule has 100 valence electrons. The van der Waals surface area contributed by atoms with E-state index in [9.17, 15) is 4.79 Å². The van der Waals surface area contributed by atoms with Crippen LogP contribution in [0.3, 0.4) is 0 Å². The van der Waals surface area contributed by atoms with Crippen molar-refractivity contribution < 1.29 is 14.6 Å². The first-order valence-electron chi connectivity index (χ1n) is 6.37. The van der Waals surface area contributed by atoms with Crippen LogP contribution >= 0.6 is 0 Å². The molecule has 0 atom stereocenters. The van der Waals surface area contributed by atoms with E-state index in [1.165, 1.54) is 0 Å². The molecule has 5 nitrogen and oxygen atoms in total. The van der Waals surface area contributed by atoms with Crippen LogP contribution in [-0.4, -0.2) is 72.9 Å². The standard InChI is InChI=1S/C12H24N2O3/c1-11(2)17-12(16)3-4-13-5-7-14(8-6-13)9-10-15/h11,15H,3-10H2,1-2H3. The van der Waals surface area contributed by atoms with Gasteiger partial charge >= 0.3 is 5.97 Å². The number of carbonyl (C=O) groups is 1. The van der Waals surface area contributed by atoms with Gasteiger partial charge in [0.25, 0.3) is 0 Å². The molecule has 5 heteroatoms. The lowest BCUT2D eigenvalue weighted by molar-refractivity contribution is -0.147. The first-order chi connectivity index (χ1) is 8.11. The fourth-order valence-electron chi connectivity index (χ4n) is 1.95. The van der Waals surface area contributed by atoms with Crippen molar-refractivity contribution in [3.63, 3.8) is 0 Å². The number of β-amino-alcohol motifs (C(OH)–C–C–N with tert-alkyl or cyclic N) is 1. The van der Waals surface area contributed by atoms with E-state index in [-0.39, 0.29) is 18.7 Å². The van der Waals surface area contributed by atoms with Gasteiger partial charge in [-0.3, -0.25) is 9.69 Å². The smallest absolute Gasteiger partial charge is 0.307 e. The van der Waals surface area contributed by atoms with E-state index < -0.39 is 0 Å². The first-order valence-corrected chi connectivity index (χ1v) is 6.37. The third-order valence-electron chi connectivity index (χ3n) is 2.88. The molecule has 1 saturated heterocycles. The van der Waals surface area contributed by atoms with E-state index in [1.807, 2.05) is 13.8 Å². The normalized spacial score (nSPS) is 18.6. The quantitative estimate of drug-likeness (QED) is 0.663.